The number of carbonyl (C=O) groups excluding carboxylic acids is 2. The van der Waals surface area contributed by atoms with E-state index in [4.69, 9.17) is 0 Å². The highest BCUT2D eigenvalue weighted by molar-refractivity contribution is 9.10. The van der Waals surface area contributed by atoms with Gasteiger partial charge in [0.05, 0.1) is 5.75 Å². The molecule has 1 atom stereocenters. The molecule has 1 aliphatic heterocycles. The number of hydrogen-bond donors (Lipinski definition) is 1. The van der Waals surface area contributed by atoms with Crippen molar-refractivity contribution in [3.63, 3.8) is 0 Å². The van der Waals surface area contributed by atoms with E-state index in [2.05, 4.69) is 45.2 Å². The minimum atomic E-state index is -0.391. The predicted molar refractivity (Wildman–Crippen MR) is 132 cm³/mol. The van der Waals surface area contributed by atoms with Gasteiger partial charge in [-0.25, -0.2) is 9.07 Å². The Balaban J connectivity index is 1.47. The summed E-state index contributed by atoms with van der Waals surface area (Å²) in [5, 5.41) is 8.45. The molecule has 2 heterocycles. The Bertz CT molecular complexity index is 1320. The molecule has 2 aliphatic rings. The van der Waals surface area contributed by atoms with Gasteiger partial charge in [-0.15, -0.1) is 5.10 Å². The highest BCUT2D eigenvalue weighted by Gasteiger charge is 2.41. The number of benzene rings is 2. The zero-order valence-corrected chi connectivity index (χ0v) is 21.0. The maximum atomic E-state index is 13.3. The molecule has 0 saturated carbocycles. The van der Waals surface area contributed by atoms with Crippen molar-refractivity contribution in [1.82, 2.24) is 14.8 Å². The largest absolute Gasteiger partial charge is 0.328 e. The summed E-state index contributed by atoms with van der Waals surface area (Å²) < 4.78 is 15.8. The number of fused-ring (bicyclic) bond motifs is 1. The van der Waals surface area contributed by atoms with Crippen LogP contribution in [-0.2, 0) is 4.79 Å². The van der Waals surface area contributed by atoms with Gasteiger partial charge in [0.25, 0.3) is 0 Å². The summed E-state index contributed by atoms with van der Waals surface area (Å²) in [6.07, 6.45) is 1.21. The molecule has 0 saturated heterocycles. The number of Topliss-reactive ketones (excluding diaryl/α,β-unsaturated/α-hetero) is 2. The Morgan fingerprint density at radius 1 is 1.18 bits per heavy atom. The van der Waals surface area contributed by atoms with Crippen LogP contribution in [0.25, 0.3) is 0 Å². The van der Waals surface area contributed by atoms with E-state index in [9.17, 15) is 14.0 Å². The second kappa shape index (κ2) is 8.78. The lowest BCUT2D eigenvalue weighted by Gasteiger charge is -2.38. The van der Waals surface area contributed by atoms with Gasteiger partial charge in [-0.1, -0.05) is 53.7 Å². The molecule has 0 spiro atoms. The van der Waals surface area contributed by atoms with Crippen molar-refractivity contribution in [2.45, 2.75) is 37.9 Å². The predicted octanol–water partition coefficient (Wildman–Crippen LogP) is 5.81. The van der Waals surface area contributed by atoms with Crippen molar-refractivity contribution < 1.29 is 14.0 Å². The van der Waals surface area contributed by atoms with Gasteiger partial charge in [-0.05, 0) is 53.8 Å². The fourth-order valence-electron chi connectivity index (χ4n) is 4.45. The molecule has 2 aromatic carbocycles. The van der Waals surface area contributed by atoms with Gasteiger partial charge in [0.2, 0.25) is 11.1 Å². The van der Waals surface area contributed by atoms with Gasteiger partial charge in [0.1, 0.15) is 11.9 Å². The molecular formula is C25H22BrFN4O2S. The summed E-state index contributed by atoms with van der Waals surface area (Å²) in [5.74, 6) is 0.260. The molecule has 34 heavy (non-hydrogen) atoms. The zero-order chi connectivity index (χ0) is 24.0. The lowest BCUT2D eigenvalue weighted by Crippen LogP contribution is -2.36. The van der Waals surface area contributed by atoms with E-state index in [1.54, 1.807) is 4.68 Å². The van der Waals surface area contributed by atoms with E-state index in [1.807, 2.05) is 24.3 Å². The van der Waals surface area contributed by atoms with Gasteiger partial charge < -0.3 is 5.32 Å². The lowest BCUT2D eigenvalue weighted by molar-refractivity contribution is -0.118. The number of nitrogens with zero attached hydrogens (tertiary/aromatic N) is 3. The first-order valence-electron chi connectivity index (χ1n) is 10.9. The van der Waals surface area contributed by atoms with Crippen LogP contribution < -0.4 is 5.32 Å². The van der Waals surface area contributed by atoms with Crippen LogP contribution in [0, 0.1) is 11.2 Å². The Morgan fingerprint density at radius 3 is 2.59 bits per heavy atom. The summed E-state index contributed by atoms with van der Waals surface area (Å²) >= 11 is 4.69. The average Bonchev–Trinajstić information content (AvgIpc) is 3.19. The van der Waals surface area contributed by atoms with E-state index >= 15 is 0 Å². The minimum absolute atomic E-state index is 0.105. The van der Waals surface area contributed by atoms with Crippen LogP contribution in [0.5, 0.6) is 0 Å². The van der Waals surface area contributed by atoms with Crippen LogP contribution in [0.1, 0.15) is 48.7 Å². The SMILES string of the molecule is CC1(C)CC(=O)C2=C(C1)Nc1nc(SCC(=O)c3ccc(F)cc3)nn1C2c1ccc(Br)cc1. The molecule has 1 N–H and O–H groups in total. The summed E-state index contributed by atoms with van der Waals surface area (Å²) in [6, 6.07) is 12.9. The maximum Gasteiger partial charge on any atom is 0.227 e. The van der Waals surface area contributed by atoms with Gasteiger partial charge in [-0.3, -0.25) is 9.59 Å². The molecule has 1 aliphatic carbocycles. The van der Waals surface area contributed by atoms with Gasteiger partial charge in [-0.2, -0.15) is 4.98 Å². The standard InChI is InChI=1S/C25H22BrFN4O2S/c1-25(2)11-18-21(19(32)12-25)22(15-3-7-16(26)8-4-15)31-23(28-18)29-24(30-31)34-13-20(33)14-5-9-17(27)10-6-14/h3-10,22H,11-13H2,1-2H3,(H,28,29,30). The first-order chi connectivity index (χ1) is 16.2. The number of carbonyl (C=O) groups is 2. The van der Waals surface area contributed by atoms with E-state index in [0.29, 0.717) is 23.1 Å². The normalized spacial score (nSPS) is 18.8. The second-order valence-corrected chi connectivity index (χ2v) is 11.2. The number of nitrogens with one attached hydrogen (secondary N) is 1. The smallest absolute Gasteiger partial charge is 0.227 e. The van der Waals surface area contributed by atoms with E-state index in [1.165, 1.54) is 36.0 Å². The Hall–Kier alpha value is -2.78. The van der Waals surface area contributed by atoms with Gasteiger partial charge >= 0.3 is 0 Å². The van der Waals surface area contributed by atoms with Crippen LogP contribution in [0.4, 0.5) is 10.3 Å². The number of thioether (sulfide) groups is 1. The van der Waals surface area contributed by atoms with Crippen molar-refractivity contribution in [2.24, 2.45) is 5.41 Å². The third-order valence-corrected chi connectivity index (χ3v) is 7.36. The summed E-state index contributed by atoms with van der Waals surface area (Å²) in [4.78, 5) is 30.4. The number of rotatable bonds is 5. The van der Waals surface area contributed by atoms with Crippen LogP contribution in [0.3, 0.4) is 0 Å². The number of allylic oxidation sites excluding steroid dienone is 2. The summed E-state index contributed by atoms with van der Waals surface area (Å²) in [7, 11) is 0. The van der Waals surface area contributed by atoms with E-state index in [-0.39, 0.29) is 28.6 Å². The van der Waals surface area contributed by atoms with Crippen molar-refractivity contribution in [1.29, 1.82) is 0 Å². The molecule has 0 radical (unpaired) electrons. The van der Waals surface area contributed by atoms with E-state index < -0.39 is 6.04 Å². The van der Waals surface area contributed by atoms with Gasteiger partial charge in [0.15, 0.2) is 11.6 Å². The summed E-state index contributed by atoms with van der Waals surface area (Å²) in [6.45, 7) is 4.18. The Kier molecular flexibility index (Phi) is 5.93. The Labute approximate surface area is 209 Å². The third-order valence-electron chi connectivity index (χ3n) is 6.00. The molecule has 174 valence electrons. The number of ketones is 2. The van der Waals surface area contributed by atoms with Crippen LogP contribution in [0.15, 0.2) is 69.4 Å². The average molecular weight is 541 g/mol. The highest BCUT2D eigenvalue weighted by atomic mass is 79.9. The van der Waals surface area contributed by atoms with Crippen LogP contribution >= 0.6 is 27.7 Å². The van der Waals surface area contributed by atoms with Crippen molar-refractivity contribution in [3.05, 3.63) is 81.2 Å². The highest BCUT2D eigenvalue weighted by Crippen LogP contribution is 2.45. The molecular weight excluding hydrogens is 519 g/mol. The number of halogens is 2. The van der Waals surface area contributed by atoms with Crippen LogP contribution in [-0.4, -0.2) is 32.1 Å². The van der Waals surface area contributed by atoms with Crippen LogP contribution in [0.2, 0.25) is 0 Å². The molecule has 9 heteroatoms. The maximum absolute atomic E-state index is 13.3. The molecule has 1 unspecified atom stereocenters. The van der Waals surface area contributed by atoms with Crippen molar-refractivity contribution in [3.8, 4) is 0 Å². The first kappa shape index (κ1) is 23.0. The molecule has 6 nitrogen and oxygen atoms in total. The molecule has 3 aromatic rings. The lowest BCUT2D eigenvalue weighted by atomic mass is 9.73. The van der Waals surface area contributed by atoms with Crippen molar-refractivity contribution >= 4 is 45.2 Å². The summed E-state index contributed by atoms with van der Waals surface area (Å²) in [5.41, 5.74) is 2.84. The van der Waals surface area contributed by atoms with Gasteiger partial charge in [0, 0.05) is 27.7 Å². The Morgan fingerprint density at radius 2 is 1.88 bits per heavy atom. The quantitative estimate of drug-likeness (QED) is 0.325. The third kappa shape index (κ3) is 4.46. The molecule has 0 bridgehead atoms. The number of hydrogen-bond acceptors (Lipinski definition) is 6. The number of anilines is 1. The molecule has 0 amide bonds. The minimum Gasteiger partial charge on any atom is -0.328 e. The first-order valence-corrected chi connectivity index (χ1v) is 12.6. The second-order valence-electron chi connectivity index (χ2n) is 9.29. The monoisotopic (exact) mass is 540 g/mol. The number of aromatic nitrogens is 3. The fraction of sp³-hybridized carbons (Fsp3) is 0.280. The molecule has 1 aromatic heterocycles. The van der Waals surface area contributed by atoms with E-state index in [0.717, 1.165) is 27.7 Å². The molecule has 5 rings (SSSR count). The fourth-order valence-corrected chi connectivity index (χ4v) is 5.44. The molecule has 0 fully saturated rings. The van der Waals surface area contributed by atoms with Crippen molar-refractivity contribution in [2.75, 3.05) is 11.1 Å². The topological polar surface area (TPSA) is 76.9 Å². The zero-order valence-electron chi connectivity index (χ0n) is 18.6.